The average Bonchev–Trinajstić information content (AvgIpc) is 3.92. The summed E-state index contributed by atoms with van der Waals surface area (Å²) in [4.78, 5) is 0. The zero-order chi connectivity index (χ0) is 31.6. The molecule has 0 radical (unpaired) electrons. The largest absolute Gasteiger partial charge is 0.495 e. The van der Waals surface area contributed by atoms with Gasteiger partial charge in [0.05, 0.1) is 57.6 Å². The summed E-state index contributed by atoms with van der Waals surface area (Å²) in [6.07, 6.45) is 18.8. The minimum absolute atomic E-state index is 0.170. The van der Waals surface area contributed by atoms with Crippen LogP contribution in [0.15, 0.2) is 59.9 Å². The Morgan fingerprint density at radius 3 is 2.00 bits per heavy atom. The Balaban J connectivity index is 1.07. The standard InChI is InChI=1S/C39H52O8/c1-25-16-32(43-20-36-24-47-36)14-15-37(25)39(28-6-12-31(13-7-28)42-19-35-23-46-35)38(26-2-8-29(9-3-26)40-17-33-21-44-33)27-4-10-30(11-5-27)41-18-34-22-45-34/h2-4,6,8-10,16,25,27,30-31,33-39H,5,7,11-15,17-24H2,1H3. The molecule has 4 aliphatic heterocycles. The number of allylic oxidation sites excluding steroid dienone is 4. The van der Waals surface area contributed by atoms with Gasteiger partial charge in [0.15, 0.2) is 0 Å². The molecule has 11 unspecified atom stereocenters. The fourth-order valence-electron chi connectivity index (χ4n) is 8.04. The lowest BCUT2D eigenvalue weighted by molar-refractivity contribution is 0.0341. The second kappa shape index (κ2) is 14.7. The summed E-state index contributed by atoms with van der Waals surface area (Å²) < 4.78 is 46.4. The van der Waals surface area contributed by atoms with Gasteiger partial charge in [-0.05, 0) is 91.9 Å². The zero-order valence-electron chi connectivity index (χ0n) is 27.8. The molecule has 1 aromatic carbocycles. The number of rotatable bonds is 17. The first kappa shape index (κ1) is 32.0. The van der Waals surface area contributed by atoms with Gasteiger partial charge in [0.2, 0.25) is 0 Å². The predicted octanol–water partition coefficient (Wildman–Crippen LogP) is 6.15. The topological polar surface area (TPSA) is 87.0 Å². The van der Waals surface area contributed by atoms with Crippen molar-refractivity contribution in [3.05, 3.63) is 65.5 Å². The highest BCUT2D eigenvalue weighted by Gasteiger charge is 2.42. The van der Waals surface area contributed by atoms with Gasteiger partial charge in [-0.3, -0.25) is 0 Å². The van der Waals surface area contributed by atoms with Crippen LogP contribution in [-0.4, -0.2) is 89.5 Å². The Kier molecular flexibility index (Phi) is 10.0. The molecule has 256 valence electrons. The Morgan fingerprint density at radius 2 is 1.38 bits per heavy atom. The number of benzene rings is 1. The first-order chi connectivity index (χ1) is 23.1. The Bertz CT molecular complexity index is 1270. The maximum absolute atomic E-state index is 6.28. The first-order valence-electron chi connectivity index (χ1n) is 18.3. The smallest absolute Gasteiger partial charge is 0.119 e. The molecule has 8 rings (SSSR count). The summed E-state index contributed by atoms with van der Waals surface area (Å²) in [5.41, 5.74) is 3.02. The number of ether oxygens (including phenoxy) is 8. The van der Waals surface area contributed by atoms with Gasteiger partial charge in [-0.2, -0.15) is 0 Å². The van der Waals surface area contributed by atoms with Crippen molar-refractivity contribution in [1.29, 1.82) is 0 Å². The molecule has 7 aliphatic rings. The Labute approximate surface area is 279 Å². The first-order valence-corrected chi connectivity index (χ1v) is 18.3. The molecule has 3 aliphatic carbocycles. The van der Waals surface area contributed by atoms with Crippen LogP contribution in [0.2, 0.25) is 0 Å². The van der Waals surface area contributed by atoms with Gasteiger partial charge >= 0.3 is 0 Å². The number of hydrogen-bond donors (Lipinski definition) is 0. The molecule has 11 atom stereocenters. The summed E-state index contributed by atoms with van der Waals surface area (Å²) in [5.74, 6) is 4.19. The minimum Gasteiger partial charge on any atom is -0.495 e. The lowest BCUT2D eigenvalue weighted by atomic mass is 9.60. The molecule has 1 aromatic rings. The van der Waals surface area contributed by atoms with Crippen molar-refractivity contribution in [2.24, 2.45) is 23.7 Å². The Morgan fingerprint density at radius 1 is 0.702 bits per heavy atom. The van der Waals surface area contributed by atoms with Crippen LogP contribution in [-0.2, 0) is 33.2 Å². The molecule has 8 nitrogen and oxygen atoms in total. The number of hydrogen-bond acceptors (Lipinski definition) is 8. The van der Waals surface area contributed by atoms with E-state index in [0.29, 0.717) is 61.6 Å². The second-order valence-corrected chi connectivity index (χ2v) is 14.8. The molecular weight excluding hydrogens is 596 g/mol. The quantitative estimate of drug-likeness (QED) is 0.147. The molecule has 0 aromatic heterocycles. The lowest BCUT2D eigenvalue weighted by Crippen LogP contribution is -2.36. The van der Waals surface area contributed by atoms with Crippen LogP contribution in [0.5, 0.6) is 5.75 Å². The molecule has 47 heavy (non-hydrogen) atoms. The van der Waals surface area contributed by atoms with E-state index >= 15 is 0 Å². The third-order valence-corrected chi connectivity index (χ3v) is 11.1. The van der Waals surface area contributed by atoms with Crippen molar-refractivity contribution in [3.8, 4) is 5.75 Å². The maximum Gasteiger partial charge on any atom is 0.119 e. The molecule has 4 heterocycles. The Hall–Kier alpha value is -2.20. The summed E-state index contributed by atoms with van der Waals surface area (Å²) in [6.45, 7) is 8.45. The van der Waals surface area contributed by atoms with E-state index < -0.39 is 0 Å². The minimum atomic E-state index is 0.170. The molecule has 0 saturated carbocycles. The summed E-state index contributed by atoms with van der Waals surface area (Å²) in [5, 5.41) is 0. The highest BCUT2D eigenvalue weighted by atomic mass is 16.6. The summed E-state index contributed by atoms with van der Waals surface area (Å²) in [7, 11) is 0. The fourth-order valence-corrected chi connectivity index (χ4v) is 8.04. The molecule has 0 amide bonds. The van der Waals surface area contributed by atoms with E-state index in [2.05, 4.69) is 55.5 Å². The molecule has 0 spiro atoms. The third-order valence-electron chi connectivity index (χ3n) is 11.1. The third kappa shape index (κ3) is 8.89. The predicted molar refractivity (Wildman–Crippen MR) is 176 cm³/mol. The van der Waals surface area contributed by atoms with Gasteiger partial charge in [-0.25, -0.2) is 0 Å². The van der Waals surface area contributed by atoms with E-state index in [4.69, 9.17) is 37.9 Å². The highest BCUT2D eigenvalue weighted by molar-refractivity contribution is 5.34. The molecule has 4 fully saturated rings. The van der Waals surface area contributed by atoms with Gasteiger partial charge in [-0.15, -0.1) is 0 Å². The molecule has 0 bridgehead atoms. The van der Waals surface area contributed by atoms with Crippen LogP contribution in [0.3, 0.4) is 0 Å². The highest BCUT2D eigenvalue weighted by Crippen LogP contribution is 2.51. The van der Waals surface area contributed by atoms with Gasteiger partial charge in [0, 0.05) is 6.42 Å². The van der Waals surface area contributed by atoms with Crippen LogP contribution in [0.4, 0.5) is 0 Å². The number of epoxide rings is 4. The molecular formula is C39H52O8. The van der Waals surface area contributed by atoms with Crippen molar-refractivity contribution >= 4 is 0 Å². The van der Waals surface area contributed by atoms with Crippen LogP contribution in [0.1, 0.15) is 63.4 Å². The van der Waals surface area contributed by atoms with Crippen molar-refractivity contribution in [2.45, 2.75) is 94.4 Å². The molecule has 4 saturated heterocycles. The van der Waals surface area contributed by atoms with E-state index in [1.807, 2.05) is 0 Å². The van der Waals surface area contributed by atoms with E-state index in [-0.39, 0.29) is 24.4 Å². The lowest BCUT2D eigenvalue weighted by Gasteiger charge is -2.44. The molecule has 8 heteroatoms. The van der Waals surface area contributed by atoms with Crippen LogP contribution < -0.4 is 4.74 Å². The van der Waals surface area contributed by atoms with E-state index in [0.717, 1.165) is 89.5 Å². The van der Waals surface area contributed by atoms with Crippen LogP contribution >= 0.6 is 0 Å². The summed E-state index contributed by atoms with van der Waals surface area (Å²) >= 11 is 0. The van der Waals surface area contributed by atoms with Crippen LogP contribution in [0.25, 0.3) is 0 Å². The van der Waals surface area contributed by atoms with Gasteiger partial charge in [-0.1, -0.05) is 42.9 Å². The van der Waals surface area contributed by atoms with E-state index in [1.54, 1.807) is 5.57 Å². The van der Waals surface area contributed by atoms with Crippen molar-refractivity contribution in [3.63, 3.8) is 0 Å². The zero-order valence-corrected chi connectivity index (χ0v) is 27.8. The van der Waals surface area contributed by atoms with Gasteiger partial charge in [0.25, 0.3) is 0 Å². The summed E-state index contributed by atoms with van der Waals surface area (Å²) in [6, 6.07) is 9.01. The van der Waals surface area contributed by atoms with Crippen molar-refractivity contribution in [2.75, 3.05) is 52.9 Å². The van der Waals surface area contributed by atoms with Crippen LogP contribution in [0, 0.1) is 23.7 Å². The van der Waals surface area contributed by atoms with Gasteiger partial charge < -0.3 is 37.9 Å². The van der Waals surface area contributed by atoms with E-state index in [1.165, 1.54) is 5.56 Å². The SMILES string of the molecule is CC1C=C(OCC2CO2)CCC1C(C1=CCC(OCC2CO2)CC1)C(c1ccc(OCC2CO2)cc1)C1C=CC(OCC2CO2)CC1. The van der Waals surface area contributed by atoms with E-state index in [9.17, 15) is 0 Å². The van der Waals surface area contributed by atoms with Crippen molar-refractivity contribution in [1.82, 2.24) is 0 Å². The molecule has 0 N–H and O–H groups in total. The monoisotopic (exact) mass is 648 g/mol. The normalized spacial score (nSPS) is 36.9. The fraction of sp³-hybridized carbons (Fsp3) is 0.692. The van der Waals surface area contributed by atoms with Gasteiger partial charge in [0.1, 0.15) is 43.4 Å². The average molecular weight is 649 g/mol. The maximum atomic E-state index is 6.28. The second-order valence-electron chi connectivity index (χ2n) is 14.8. The van der Waals surface area contributed by atoms with Crippen molar-refractivity contribution < 1.29 is 37.9 Å².